The van der Waals surface area contributed by atoms with Gasteiger partial charge in [-0.15, -0.1) is 0 Å². The molecule has 0 bridgehead atoms. The van der Waals surface area contributed by atoms with Crippen molar-refractivity contribution in [3.8, 4) is 0 Å². The van der Waals surface area contributed by atoms with Gasteiger partial charge in [0.15, 0.2) is 0 Å². The van der Waals surface area contributed by atoms with Crippen LogP contribution in [0.15, 0.2) is 30.3 Å². The van der Waals surface area contributed by atoms with Crippen molar-refractivity contribution in [3.63, 3.8) is 0 Å². The highest BCUT2D eigenvalue weighted by atomic mass is 14.1. The van der Waals surface area contributed by atoms with E-state index in [2.05, 4.69) is 58.0 Å². The highest BCUT2D eigenvalue weighted by Crippen LogP contribution is 2.23. The van der Waals surface area contributed by atoms with Crippen molar-refractivity contribution in [2.45, 2.75) is 52.9 Å². The molecule has 1 rings (SSSR count). The summed E-state index contributed by atoms with van der Waals surface area (Å²) in [5, 5.41) is 0. The van der Waals surface area contributed by atoms with Gasteiger partial charge in [0.1, 0.15) is 0 Å². The zero-order valence-electron chi connectivity index (χ0n) is 11.1. The number of rotatable bonds is 5. The van der Waals surface area contributed by atoms with Crippen LogP contribution in [0.1, 0.15) is 64.0 Å². The maximum atomic E-state index is 2.36. The zero-order valence-corrected chi connectivity index (χ0v) is 11.1. The first-order valence-corrected chi connectivity index (χ1v) is 6.48. The Morgan fingerprint density at radius 1 is 1.12 bits per heavy atom. The van der Waals surface area contributed by atoms with Gasteiger partial charge in [0, 0.05) is 0 Å². The van der Waals surface area contributed by atoms with Gasteiger partial charge < -0.3 is 0 Å². The molecule has 0 amide bonds. The van der Waals surface area contributed by atoms with Crippen LogP contribution >= 0.6 is 0 Å². The summed E-state index contributed by atoms with van der Waals surface area (Å²) in [6, 6.07) is 9.07. The molecule has 1 aromatic rings. The minimum atomic E-state index is 0.624. The molecule has 0 heteroatoms. The van der Waals surface area contributed by atoms with Crippen LogP contribution in [0.25, 0.3) is 5.57 Å². The molecule has 0 fully saturated rings. The van der Waals surface area contributed by atoms with E-state index < -0.39 is 0 Å². The van der Waals surface area contributed by atoms with Crippen LogP contribution in [-0.2, 0) is 0 Å². The predicted molar refractivity (Wildman–Crippen MR) is 73.7 cm³/mol. The highest BCUT2D eigenvalue weighted by molar-refractivity contribution is 5.65. The van der Waals surface area contributed by atoms with Gasteiger partial charge >= 0.3 is 0 Å². The molecule has 0 aliphatic rings. The molecule has 0 spiro atoms. The van der Waals surface area contributed by atoms with Gasteiger partial charge in [0.2, 0.25) is 0 Å². The summed E-state index contributed by atoms with van der Waals surface area (Å²) in [5.41, 5.74) is 4.32. The summed E-state index contributed by atoms with van der Waals surface area (Å²) in [6.07, 6.45) is 5.89. The quantitative estimate of drug-likeness (QED) is 0.618. The number of hydrogen-bond acceptors (Lipinski definition) is 0. The van der Waals surface area contributed by atoms with Crippen LogP contribution in [0.4, 0.5) is 0 Å². The van der Waals surface area contributed by atoms with E-state index in [1.807, 2.05) is 0 Å². The lowest BCUT2D eigenvalue weighted by atomic mass is 9.96. The molecule has 0 nitrogen and oxygen atoms in total. The molecule has 0 aliphatic heterocycles. The summed E-state index contributed by atoms with van der Waals surface area (Å²) in [6.45, 7) is 8.93. The Kier molecular flexibility index (Phi) is 5.31. The normalized spacial score (nSPS) is 12.2. The zero-order chi connectivity index (χ0) is 12.0. The fourth-order valence-corrected chi connectivity index (χ4v) is 1.96. The maximum Gasteiger partial charge on any atom is -0.0219 e. The van der Waals surface area contributed by atoms with E-state index >= 15 is 0 Å². The molecule has 16 heavy (non-hydrogen) atoms. The molecule has 0 radical (unpaired) electrons. The van der Waals surface area contributed by atoms with Gasteiger partial charge in [0.05, 0.1) is 0 Å². The van der Waals surface area contributed by atoms with Gasteiger partial charge in [-0.3, -0.25) is 0 Å². The average molecular weight is 216 g/mol. The largest absolute Gasteiger partial charge is 0.0810 e. The van der Waals surface area contributed by atoms with E-state index in [1.165, 1.54) is 29.5 Å². The van der Waals surface area contributed by atoms with Crippen molar-refractivity contribution in [3.05, 3.63) is 41.5 Å². The van der Waals surface area contributed by atoms with Crippen LogP contribution < -0.4 is 0 Å². The van der Waals surface area contributed by atoms with E-state index in [0.717, 1.165) is 6.42 Å². The fourth-order valence-electron chi connectivity index (χ4n) is 1.96. The second-order valence-electron chi connectivity index (χ2n) is 4.66. The summed E-state index contributed by atoms with van der Waals surface area (Å²) >= 11 is 0. The maximum absolute atomic E-state index is 2.36. The smallest absolute Gasteiger partial charge is 0.0219 e. The Hall–Kier alpha value is -1.04. The second-order valence-corrected chi connectivity index (χ2v) is 4.66. The molecular formula is C16H24. The van der Waals surface area contributed by atoms with Crippen molar-refractivity contribution in [1.29, 1.82) is 0 Å². The first-order valence-electron chi connectivity index (χ1n) is 6.48. The van der Waals surface area contributed by atoms with Gasteiger partial charge in [-0.2, -0.15) is 0 Å². The molecule has 0 N–H and O–H groups in total. The molecule has 0 aliphatic carbocycles. The van der Waals surface area contributed by atoms with Crippen LogP contribution in [0.3, 0.4) is 0 Å². The molecule has 0 heterocycles. The summed E-state index contributed by atoms with van der Waals surface area (Å²) in [5.74, 6) is 0.624. The van der Waals surface area contributed by atoms with E-state index in [4.69, 9.17) is 0 Å². The van der Waals surface area contributed by atoms with Crippen LogP contribution in [-0.4, -0.2) is 0 Å². The lowest BCUT2D eigenvalue weighted by molar-refractivity contribution is 0.866. The predicted octanol–water partition coefficient (Wildman–Crippen LogP) is 5.40. The Morgan fingerprint density at radius 3 is 2.19 bits per heavy atom. The van der Waals surface area contributed by atoms with Gasteiger partial charge in [-0.25, -0.2) is 0 Å². The molecule has 0 atom stereocenters. The lowest BCUT2D eigenvalue weighted by Gasteiger charge is -2.09. The van der Waals surface area contributed by atoms with E-state index in [9.17, 15) is 0 Å². The summed E-state index contributed by atoms with van der Waals surface area (Å²) in [7, 11) is 0. The molecule has 88 valence electrons. The van der Waals surface area contributed by atoms with Crippen molar-refractivity contribution in [2.24, 2.45) is 0 Å². The van der Waals surface area contributed by atoms with Crippen molar-refractivity contribution in [2.75, 3.05) is 0 Å². The van der Waals surface area contributed by atoms with E-state index in [1.54, 1.807) is 0 Å². The topological polar surface area (TPSA) is 0 Å². The van der Waals surface area contributed by atoms with Gasteiger partial charge in [0.25, 0.3) is 0 Å². The van der Waals surface area contributed by atoms with Crippen LogP contribution in [0, 0.1) is 0 Å². The Balaban J connectivity index is 2.90. The molecular weight excluding hydrogens is 192 g/mol. The fraction of sp³-hybridized carbons (Fsp3) is 0.500. The third-order valence-electron chi connectivity index (χ3n) is 2.92. The van der Waals surface area contributed by atoms with Gasteiger partial charge in [-0.05, 0) is 35.5 Å². The van der Waals surface area contributed by atoms with Crippen molar-refractivity contribution in [1.82, 2.24) is 0 Å². The SMILES string of the molecule is CCC=C(CCC)c1ccc(C(C)C)cc1. The number of allylic oxidation sites excluding steroid dienone is 2. The van der Waals surface area contributed by atoms with Crippen LogP contribution in [0.2, 0.25) is 0 Å². The summed E-state index contributed by atoms with van der Waals surface area (Å²) < 4.78 is 0. The number of hydrogen-bond donors (Lipinski definition) is 0. The Bertz CT molecular complexity index is 328. The Morgan fingerprint density at radius 2 is 1.75 bits per heavy atom. The second kappa shape index (κ2) is 6.52. The molecule has 0 aromatic heterocycles. The van der Waals surface area contributed by atoms with Crippen LogP contribution in [0.5, 0.6) is 0 Å². The monoisotopic (exact) mass is 216 g/mol. The minimum absolute atomic E-state index is 0.624. The molecule has 0 saturated heterocycles. The third kappa shape index (κ3) is 3.52. The molecule has 0 unspecified atom stereocenters. The van der Waals surface area contributed by atoms with Gasteiger partial charge in [-0.1, -0.05) is 64.5 Å². The van der Waals surface area contributed by atoms with Crippen molar-refractivity contribution < 1.29 is 0 Å². The average Bonchev–Trinajstić information content (AvgIpc) is 2.29. The first-order chi connectivity index (χ1) is 7.69. The standard InChI is InChI=1S/C16H24/c1-5-7-15(8-6-2)16-11-9-14(10-12-16)13(3)4/h7,9-13H,5-6,8H2,1-4H3. The summed E-state index contributed by atoms with van der Waals surface area (Å²) in [4.78, 5) is 0. The Labute approximate surface area is 100 Å². The minimum Gasteiger partial charge on any atom is -0.0810 e. The van der Waals surface area contributed by atoms with E-state index in [0.29, 0.717) is 5.92 Å². The molecule has 1 aromatic carbocycles. The molecule has 0 saturated carbocycles. The lowest BCUT2D eigenvalue weighted by Crippen LogP contribution is -1.89. The first kappa shape index (κ1) is 13.0. The van der Waals surface area contributed by atoms with Crippen molar-refractivity contribution >= 4 is 5.57 Å². The number of benzene rings is 1. The highest BCUT2D eigenvalue weighted by Gasteiger charge is 2.02. The third-order valence-corrected chi connectivity index (χ3v) is 2.92. The van der Waals surface area contributed by atoms with E-state index in [-0.39, 0.29) is 0 Å².